The van der Waals surface area contributed by atoms with Crippen LogP contribution in [0.4, 0.5) is 5.95 Å². The van der Waals surface area contributed by atoms with E-state index in [9.17, 15) is 19.8 Å². The van der Waals surface area contributed by atoms with Crippen molar-refractivity contribution in [1.82, 2.24) is 19.8 Å². The first-order valence-electron chi connectivity index (χ1n) is 11.0. The third-order valence-electron chi connectivity index (χ3n) is 6.94. The highest BCUT2D eigenvalue weighted by molar-refractivity contribution is 6.03. The summed E-state index contributed by atoms with van der Waals surface area (Å²) in [4.78, 5) is 39.4. The van der Waals surface area contributed by atoms with Gasteiger partial charge in [-0.05, 0) is 38.3 Å². The number of hydrogen-bond acceptors (Lipinski definition) is 8. The Labute approximate surface area is 176 Å². The minimum absolute atomic E-state index is 0.250. The van der Waals surface area contributed by atoms with Gasteiger partial charge in [-0.1, -0.05) is 12.8 Å². The second-order valence-electron chi connectivity index (χ2n) is 8.66. The molecule has 3 heterocycles. The third-order valence-corrected chi connectivity index (χ3v) is 6.94. The number of aliphatic hydroxyl groups excluding tert-OH is 2. The number of amides is 2. The molecule has 1 aromatic heterocycles. The number of anilines is 1. The maximum absolute atomic E-state index is 12.6. The van der Waals surface area contributed by atoms with E-state index in [4.69, 9.17) is 0 Å². The van der Waals surface area contributed by atoms with Crippen LogP contribution in [0.3, 0.4) is 0 Å². The number of nitrogens with zero attached hydrogens (tertiary/aromatic N) is 5. The molecule has 3 aliphatic rings. The predicted molar refractivity (Wildman–Crippen MR) is 110 cm³/mol. The van der Waals surface area contributed by atoms with Crippen molar-refractivity contribution >= 4 is 17.8 Å². The topological polar surface area (TPSA) is 110 Å². The molecule has 30 heavy (non-hydrogen) atoms. The average Bonchev–Trinajstić information content (AvgIpc) is 3.28. The zero-order valence-corrected chi connectivity index (χ0v) is 17.3. The number of likely N-dealkylation sites (tertiary alicyclic amines) is 1. The molecule has 1 spiro atoms. The van der Waals surface area contributed by atoms with Crippen molar-refractivity contribution in [1.29, 1.82) is 0 Å². The van der Waals surface area contributed by atoms with Crippen molar-refractivity contribution in [3.8, 4) is 0 Å². The summed E-state index contributed by atoms with van der Waals surface area (Å²) in [6.07, 6.45) is 5.17. The van der Waals surface area contributed by atoms with Gasteiger partial charge in [0.15, 0.2) is 0 Å². The quantitative estimate of drug-likeness (QED) is 0.493. The number of aromatic nitrogens is 2. The van der Waals surface area contributed by atoms with Crippen LogP contribution in [0.25, 0.3) is 0 Å². The summed E-state index contributed by atoms with van der Waals surface area (Å²) in [6.45, 7) is 4.70. The molecule has 1 aromatic rings. The van der Waals surface area contributed by atoms with Crippen LogP contribution in [0.1, 0.15) is 38.5 Å². The highest BCUT2D eigenvalue weighted by Crippen LogP contribution is 2.47. The lowest BCUT2D eigenvalue weighted by atomic mass is 9.71. The van der Waals surface area contributed by atoms with Crippen molar-refractivity contribution in [3.63, 3.8) is 0 Å². The fraction of sp³-hybridized carbons (Fsp3) is 0.714. The van der Waals surface area contributed by atoms with Crippen molar-refractivity contribution < 1.29 is 19.8 Å². The summed E-state index contributed by atoms with van der Waals surface area (Å²) in [5.41, 5.74) is -0.965. The van der Waals surface area contributed by atoms with Gasteiger partial charge in [0.25, 0.3) is 11.8 Å². The van der Waals surface area contributed by atoms with Crippen LogP contribution in [0, 0.1) is 5.41 Å². The number of unbranched alkanes of at least 4 members (excludes halogenated alkanes) is 1. The zero-order chi connectivity index (χ0) is 21.1. The molecule has 164 valence electrons. The largest absolute Gasteiger partial charge is 0.383 e. The van der Waals surface area contributed by atoms with Crippen LogP contribution in [-0.4, -0.2) is 93.3 Å². The Kier molecular flexibility index (Phi) is 6.31. The van der Waals surface area contributed by atoms with Crippen LogP contribution in [-0.2, 0) is 9.59 Å². The monoisotopic (exact) mass is 417 g/mol. The van der Waals surface area contributed by atoms with Crippen LogP contribution < -0.4 is 4.90 Å². The van der Waals surface area contributed by atoms with Gasteiger partial charge < -0.3 is 15.1 Å². The number of carbonyl (C=O) groups excluding carboxylic acids is 2. The lowest BCUT2D eigenvalue weighted by molar-refractivity contribution is -0.183. The number of piperazine rings is 1. The summed E-state index contributed by atoms with van der Waals surface area (Å²) < 4.78 is 0. The van der Waals surface area contributed by atoms with Gasteiger partial charge in [-0.25, -0.2) is 9.97 Å². The molecule has 4 rings (SSSR count). The molecule has 1 aliphatic carbocycles. The van der Waals surface area contributed by atoms with E-state index in [-0.39, 0.29) is 6.54 Å². The van der Waals surface area contributed by atoms with Crippen molar-refractivity contribution in [2.45, 2.75) is 50.7 Å². The fourth-order valence-electron chi connectivity index (χ4n) is 5.08. The fourth-order valence-corrected chi connectivity index (χ4v) is 5.08. The van der Waals surface area contributed by atoms with E-state index in [2.05, 4.69) is 19.8 Å². The smallest absolute Gasteiger partial charge is 0.258 e. The first-order chi connectivity index (χ1) is 14.5. The standard InChI is InChI=1S/C21H31N5O4/c27-16-18(29)26(19(30)17(28)21(16)6-1-2-7-21)11-4-3-10-24-12-14-25(15-13-24)20-22-8-5-9-23-20/h5,8-9,16-17,27-28H,1-4,6-7,10-15H2/t16-,17-/m1/s1. The molecule has 2 atom stereocenters. The minimum atomic E-state index is -1.28. The Morgan fingerprint density at radius 2 is 1.47 bits per heavy atom. The van der Waals surface area contributed by atoms with Gasteiger partial charge in [-0.15, -0.1) is 0 Å². The molecule has 3 fully saturated rings. The Hall–Kier alpha value is -2.10. The van der Waals surface area contributed by atoms with Crippen LogP contribution in [0.2, 0.25) is 0 Å². The number of imide groups is 1. The molecule has 0 bridgehead atoms. The lowest BCUT2D eigenvalue weighted by Crippen LogP contribution is -2.64. The third kappa shape index (κ3) is 3.93. The Bertz CT molecular complexity index is 723. The lowest BCUT2D eigenvalue weighted by Gasteiger charge is -2.44. The summed E-state index contributed by atoms with van der Waals surface area (Å²) >= 11 is 0. The molecule has 2 amide bonds. The van der Waals surface area contributed by atoms with Gasteiger partial charge in [0.05, 0.1) is 0 Å². The molecule has 0 aromatic carbocycles. The summed E-state index contributed by atoms with van der Waals surface area (Å²) in [5, 5.41) is 21.1. The predicted octanol–water partition coefficient (Wildman–Crippen LogP) is 0.0298. The molecule has 2 aliphatic heterocycles. The van der Waals surface area contributed by atoms with E-state index >= 15 is 0 Å². The SMILES string of the molecule is O=C1[C@@H](O)C2(CCCC2)[C@H](O)C(=O)N1CCCCN1CCN(c2ncccn2)CC1. The van der Waals surface area contributed by atoms with Crippen LogP contribution >= 0.6 is 0 Å². The number of carbonyl (C=O) groups is 2. The molecule has 2 N–H and O–H groups in total. The number of aliphatic hydroxyl groups is 2. The van der Waals surface area contributed by atoms with E-state index in [1.807, 2.05) is 6.07 Å². The van der Waals surface area contributed by atoms with Crippen LogP contribution in [0.15, 0.2) is 18.5 Å². The van der Waals surface area contributed by atoms with Gasteiger partial charge in [-0.3, -0.25) is 19.4 Å². The zero-order valence-electron chi connectivity index (χ0n) is 17.3. The van der Waals surface area contributed by atoms with Gasteiger partial charge in [-0.2, -0.15) is 0 Å². The highest BCUT2D eigenvalue weighted by Gasteiger charge is 2.58. The Morgan fingerprint density at radius 1 is 0.900 bits per heavy atom. The molecule has 1 saturated carbocycles. The van der Waals surface area contributed by atoms with E-state index in [0.717, 1.165) is 62.8 Å². The Balaban J connectivity index is 1.21. The van der Waals surface area contributed by atoms with Gasteiger partial charge >= 0.3 is 0 Å². The van der Waals surface area contributed by atoms with Gasteiger partial charge in [0.2, 0.25) is 5.95 Å². The van der Waals surface area contributed by atoms with Crippen molar-refractivity contribution in [2.75, 3.05) is 44.2 Å². The van der Waals surface area contributed by atoms with E-state index in [0.29, 0.717) is 19.3 Å². The molecule has 9 nitrogen and oxygen atoms in total. The second-order valence-corrected chi connectivity index (χ2v) is 8.66. The number of rotatable bonds is 6. The van der Waals surface area contributed by atoms with Crippen molar-refractivity contribution in [3.05, 3.63) is 18.5 Å². The summed E-state index contributed by atoms with van der Waals surface area (Å²) in [5.74, 6) is -0.316. The number of hydrogen-bond donors (Lipinski definition) is 2. The molecule has 0 radical (unpaired) electrons. The minimum Gasteiger partial charge on any atom is -0.383 e. The van der Waals surface area contributed by atoms with Crippen LogP contribution in [0.5, 0.6) is 0 Å². The molecule has 0 unspecified atom stereocenters. The first kappa shape index (κ1) is 21.1. The summed E-state index contributed by atoms with van der Waals surface area (Å²) in [7, 11) is 0. The molecule has 2 saturated heterocycles. The summed E-state index contributed by atoms with van der Waals surface area (Å²) in [6, 6.07) is 1.81. The first-order valence-corrected chi connectivity index (χ1v) is 11.0. The van der Waals surface area contributed by atoms with Crippen molar-refractivity contribution in [2.24, 2.45) is 5.41 Å². The van der Waals surface area contributed by atoms with Gasteiger partial charge in [0, 0.05) is 50.5 Å². The second kappa shape index (κ2) is 8.95. The maximum atomic E-state index is 12.6. The Morgan fingerprint density at radius 3 is 2.07 bits per heavy atom. The van der Waals surface area contributed by atoms with Gasteiger partial charge in [0.1, 0.15) is 12.2 Å². The average molecular weight is 418 g/mol. The van der Waals surface area contributed by atoms with E-state index < -0.39 is 29.4 Å². The highest BCUT2D eigenvalue weighted by atomic mass is 16.3. The van der Waals surface area contributed by atoms with E-state index in [1.165, 1.54) is 0 Å². The molecular formula is C21H31N5O4. The number of piperidine rings is 1. The molecule has 9 heteroatoms. The van der Waals surface area contributed by atoms with E-state index in [1.54, 1.807) is 12.4 Å². The normalized spacial score (nSPS) is 27.3. The maximum Gasteiger partial charge on any atom is 0.258 e. The molecular weight excluding hydrogens is 386 g/mol.